The van der Waals surface area contributed by atoms with Gasteiger partial charge in [-0.15, -0.1) is 11.3 Å². The number of amides is 1. The number of ether oxygens (including phenoxy) is 2. The first-order chi connectivity index (χ1) is 12.6. The zero-order valence-electron chi connectivity index (χ0n) is 14.5. The number of methoxy groups -OCH3 is 1. The van der Waals surface area contributed by atoms with E-state index in [4.69, 9.17) is 4.74 Å². The lowest BCUT2D eigenvalue weighted by atomic mass is 9.99. The zero-order chi connectivity index (χ0) is 18.5. The van der Waals surface area contributed by atoms with Gasteiger partial charge in [-0.2, -0.15) is 8.78 Å². The first-order valence-electron chi connectivity index (χ1n) is 8.58. The summed E-state index contributed by atoms with van der Waals surface area (Å²) in [4.78, 5) is 14.4. The van der Waals surface area contributed by atoms with Crippen LogP contribution < -0.4 is 14.8 Å². The van der Waals surface area contributed by atoms with Crippen LogP contribution in [-0.2, 0) is 19.3 Å². The van der Waals surface area contributed by atoms with Crippen LogP contribution in [0.1, 0.15) is 38.5 Å². The van der Waals surface area contributed by atoms with E-state index in [1.54, 1.807) is 23.5 Å². The molecule has 0 bridgehead atoms. The number of carbonyl (C=O) groups is 1. The summed E-state index contributed by atoms with van der Waals surface area (Å²) in [6.45, 7) is -2.49. The molecule has 1 aliphatic rings. The minimum absolute atomic E-state index is 0.00254. The highest BCUT2D eigenvalue weighted by Crippen LogP contribution is 2.30. The highest BCUT2D eigenvalue weighted by atomic mass is 32.1. The van der Waals surface area contributed by atoms with Crippen LogP contribution in [0.25, 0.3) is 0 Å². The van der Waals surface area contributed by atoms with Crippen molar-refractivity contribution in [3.63, 3.8) is 0 Å². The van der Waals surface area contributed by atoms with Crippen molar-refractivity contribution in [2.24, 2.45) is 0 Å². The molecular formula is C19H21F2NO3S. The molecule has 1 N–H and O–H groups in total. The second-order valence-electron chi connectivity index (χ2n) is 6.14. The number of thiophene rings is 1. The van der Waals surface area contributed by atoms with Crippen LogP contribution in [-0.4, -0.2) is 26.2 Å². The SMILES string of the molecule is COc1ccc(CCNC(=O)c2cc3c(s2)CCCC3)cc1OC(F)F. The summed E-state index contributed by atoms with van der Waals surface area (Å²) < 4.78 is 34.4. The van der Waals surface area contributed by atoms with Crippen molar-refractivity contribution in [2.45, 2.75) is 38.7 Å². The quantitative estimate of drug-likeness (QED) is 0.782. The fourth-order valence-electron chi connectivity index (χ4n) is 3.07. The molecule has 1 amide bonds. The molecule has 1 aromatic carbocycles. The molecule has 0 spiro atoms. The Balaban J connectivity index is 1.57. The smallest absolute Gasteiger partial charge is 0.387 e. The minimum Gasteiger partial charge on any atom is -0.493 e. The van der Waals surface area contributed by atoms with Crippen LogP contribution >= 0.6 is 11.3 Å². The maximum atomic E-state index is 12.5. The Kier molecular flexibility index (Phi) is 6.08. The number of benzene rings is 1. The Morgan fingerprint density at radius 1 is 1.23 bits per heavy atom. The lowest BCUT2D eigenvalue weighted by molar-refractivity contribution is -0.0512. The summed E-state index contributed by atoms with van der Waals surface area (Å²) in [5.41, 5.74) is 2.09. The van der Waals surface area contributed by atoms with Crippen molar-refractivity contribution in [2.75, 3.05) is 13.7 Å². The van der Waals surface area contributed by atoms with Crippen molar-refractivity contribution in [1.82, 2.24) is 5.32 Å². The van der Waals surface area contributed by atoms with Crippen LogP contribution in [0.15, 0.2) is 24.3 Å². The monoisotopic (exact) mass is 381 g/mol. The van der Waals surface area contributed by atoms with E-state index in [9.17, 15) is 13.6 Å². The third-order valence-electron chi connectivity index (χ3n) is 4.36. The summed E-state index contributed by atoms with van der Waals surface area (Å²) in [7, 11) is 1.40. The number of hydrogen-bond acceptors (Lipinski definition) is 4. The lowest BCUT2D eigenvalue weighted by Crippen LogP contribution is -2.24. The molecule has 0 radical (unpaired) electrons. The Morgan fingerprint density at radius 2 is 2.04 bits per heavy atom. The first-order valence-corrected chi connectivity index (χ1v) is 9.40. The average molecular weight is 381 g/mol. The fraction of sp³-hybridized carbons (Fsp3) is 0.421. The van der Waals surface area contributed by atoms with E-state index in [1.807, 2.05) is 6.07 Å². The van der Waals surface area contributed by atoms with Crippen molar-refractivity contribution >= 4 is 17.2 Å². The van der Waals surface area contributed by atoms with Gasteiger partial charge in [-0.3, -0.25) is 4.79 Å². The molecule has 0 saturated heterocycles. The molecule has 0 fully saturated rings. The molecule has 2 aromatic rings. The van der Waals surface area contributed by atoms with Crippen LogP contribution in [0.5, 0.6) is 11.5 Å². The summed E-state index contributed by atoms with van der Waals surface area (Å²) in [5, 5.41) is 2.90. The number of fused-ring (bicyclic) bond motifs is 1. The van der Waals surface area contributed by atoms with Gasteiger partial charge in [0.25, 0.3) is 5.91 Å². The number of alkyl halides is 2. The summed E-state index contributed by atoms with van der Waals surface area (Å²) in [5.74, 6) is 0.168. The molecule has 4 nitrogen and oxygen atoms in total. The van der Waals surface area contributed by atoms with Crippen molar-refractivity contribution in [3.05, 3.63) is 45.1 Å². The predicted molar refractivity (Wildman–Crippen MR) is 96.6 cm³/mol. The van der Waals surface area contributed by atoms with Gasteiger partial charge in [0.1, 0.15) is 0 Å². The lowest BCUT2D eigenvalue weighted by Gasteiger charge is -2.11. The van der Waals surface area contributed by atoms with Crippen LogP contribution in [0.3, 0.4) is 0 Å². The number of halogens is 2. The first kappa shape index (κ1) is 18.6. The van der Waals surface area contributed by atoms with Gasteiger partial charge in [-0.25, -0.2) is 0 Å². The average Bonchev–Trinajstić information content (AvgIpc) is 3.05. The van der Waals surface area contributed by atoms with Crippen molar-refractivity contribution in [1.29, 1.82) is 0 Å². The minimum atomic E-state index is -2.91. The van der Waals surface area contributed by atoms with Gasteiger partial charge in [0, 0.05) is 11.4 Å². The van der Waals surface area contributed by atoms with Gasteiger partial charge in [0.05, 0.1) is 12.0 Å². The Morgan fingerprint density at radius 3 is 2.77 bits per heavy atom. The van der Waals surface area contributed by atoms with E-state index in [2.05, 4.69) is 10.1 Å². The molecule has 0 saturated carbocycles. The number of carbonyl (C=O) groups excluding carboxylic acids is 1. The van der Waals surface area contributed by atoms with Gasteiger partial charge in [0.15, 0.2) is 11.5 Å². The number of nitrogens with one attached hydrogen (secondary N) is 1. The summed E-state index contributed by atoms with van der Waals surface area (Å²) in [6.07, 6.45) is 5.00. The van der Waals surface area contributed by atoms with Crippen LogP contribution in [0, 0.1) is 0 Å². The Labute approximate surface area is 155 Å². The van der Waals surface area contributed by atoms with Gasteiger partial charge in [0.2, 0.25) is 0 Å². The third kappa shape index (κ3) is 4.52. The maximum Gasteiger partial charge on any atom is 0.387 e. The fourth-order valence-corrected chi connectivity index (χ4v) is 4.24. The van der Waals surface area contributed by atoms with Gasteiger partial charge >= 0.3 is 6.61 Å². The third-order valence-corrected chi connectivity index (χ3v) is 5.60. The molecule has 0 atom stereocenters. The predicted octanol–water partition coefficient (Wildman–Crippen LogP) is 4.21. The maximum absolute atomic E-state index is 12.5. The number of hydrogen-bond donors (Lipinski definition) is 1. The van der Waals surface area contributed by atoms with Crippen LogP contribution in [0.4, 0.5) is 8.78 Å². The molecule has 1 heterocycles. The van der Waals surface area contributed by atoms with E-state index in [0.29, 0.717) is 13.0 Å². The molecule has 0 unspecified atom stereocenters. The Bertz CT molecular complexity index is 753. The molecule has 140 valence electrons. The van der Waals surface area contributed by atoms with Gasteiger partial charge < -0.3 is 14.8 Å². The standard InChI is InChI=1S/C19H21F2NO3S/c1-24-14-7-6-12(10-15(14)25-19(20)21)8-9-22-18(23)17-11-13-4-2-3-5-16(13)26-17/h6-7,10-11,19H,2-5,8-9H2,1H3,(H,22,23). The number of aryl methyl sites for hydroxylation is 2. The second kappa shape index (κ2) is 8.49. The topological polar surface area (TPSA) is 47.6 Å². The van der Waals surface area contributed by atoms with E-state index in [1.165, 1.54) is 36.5 Å². The Hall–Kier alpha value is -2.15. The molecule has 1 aromatic heterocycles. The highest BCUT2D eigenvalue weighted by Gasteiger charge is 2.17. The van der Waals surface area contributed by atoms with Crippen molar-refractivity contribution < 1.29 is 23.0 Å². The van der Waals surface area contributed by atoms with Gasteiger partial charge in [-0.1, -0.05) is 6.07 Å². The zero-order valence-corrected chi connectivity index (χ0v) is 15.3. The molecule has 0 aliphatic heterocycles. The number of rotatable bonds is 7. The van der Waals surface area contributed by atoms with E-state index < -0.39 is 6.61 Å². The molecular weight excluding hydrogens is 360 g/mol. The van der Waals surface area contributed by atoms with Crippen molar-refractivity contribution in [3.8, 4) is 11.5 Å². The molecule has 1 aliphatic carbocycles. The summed E-state index contributed by atoms with van der Waals surface area (Å²) in [6, 6.07) is 6.87. The van der Waals surface area contributed by atoms with E-state index >= 15 is 0 Å². The molecule has 3 rings (SSSR count). The highest BCUT2D eigenvalue weighted by molar-refractivity contribution is 7.14. The largest absolute Gasteiger partial charge is 0.493 e. The van der Waals surface area contributed by atoms with Gasteiger partial charge in [-0.05, 0) is 61.4 Å². The van der Waals surface area contributed by atoms with E-state index in [0.717, 1.165) is 23.3 Å². The molecule has 26 heavy (non-hydrogen) atoms. The normalized spacial score (nSPS) is 13.4. The summed E-state index contributed by atoms with van der Waals surface area (Å²) >= 11 is 1.57. The van der Waals surface area contributed by atoms with E-state index in [-0.39, 0.29) is 17.4 Å². The second-order valence-corrected chi connectivity index (χ2v) is 7.27. The van der Waals surface area contributed by atoms with Crippen LogP contribution in [0.2, 0.25) is 0 Å². The molecule has 7 heteroatoms.